The zero-order chi connectivity index (χ0) is 20.7. The third-order valence-corrected chi connectivity index (χ3v) is 2.53. The molecule has 0 fully saturated rings. The van der Waals surface area contributed by atoms with Crippen molar-refractivity contribution in [3.63, 3.8) is 0 Å². The van der Waals surface area contributed by atoms with Crippen LogP contribution in [0.2, 0.25) is 0 Å². The molecule has 11 heteroatoms. The molecule has 0 aliphatic carbocycles. The minimum Gasteiger partial charge on any atom is -0.480 e. The smallest absolute Gasteiger partial charge is 0.321 e. The predicted molar refractivity (Wildman–Crippen MR) is 91.9 cm³/mol. The average molecular weight is 372 g/mol. The zero-order valence-electron chi connectivity index (χ0n) is 13.9. The summed E-state index contributed by atoms with van der Waals surface area (Å²) in [7, 11) is 0. The Morgan fingerprint density at radius 1 is 0.885 bits per heavy atom. The van der Waals surface area contributed by atoms with Gasteiger partial charge in [0.2, 0.25) is 5.91 Å². The normalized spacial score (nSPS) is 11.5. The van der Waals surface area contributed by atoms with Gasteiger partial charge in [0.05, 0.1) is 13.0 Å². The number of nitrogens with two attached hydrogens (primary N) is 4. The van der Waals surface area contributed by atoms with Gasteiger partial charge in [-0.05, 0) is 12.0 Å². The Labute approximate surface area is 149 Å². The molecule has 1 rings (SSSR count). The lowest BCUT2D eigenvalue weighted by atomic mass is 10.1. The fourth-order valence-corrected chi connectivity index (χ4v) is 1.26. The quantitative estimate of drug-likeness (QED) is 0.276. The van der Waals surface area contributed by atoms with Crippen LogP contribution in [0.1, 0.15) is 12.0 Å². The highest BCUT2D eigenvalue weighted by atomic mass is 16.4. The largest absolute Gasteiger partial charge is 0.480 e. The molecule has 1 aromatic rings. The monoisotopic (exact) mass is 372 g/mol. The molecule has 0 aromatic heterocycles. The first kappa shape index (κ1) is 25.2. The fraction of sp³-hybridized carbons (Fsp3) is 0.333. The average Bonchev–Trinajstić information content (AvgIpc) is 2.56. The first-order valence-corrected chi connectivity index (χ1v) is 7.22. The van der Waals surface area contributed by atoms with E-state index in [-0.39, 0.29) is 13.0 Å². The van der Waals surface area contributed by atoms with Gasteiger partial charge in [0, 0.05) is 0 Å². The molecule has 2 atom stereocenters. The van der Waals surface area contributed by atoms with E-state index in [2.05, 4.69) is 11.5 Å². The lowest BCUT2D eigenvalue weighted by Gasteiger charge is -2.04. The topological polar surface area (TPSA) is 233 Å². The van der Waals surface area contributed by atoms with Crippen molar-refractivity contribution < 1.29 is 34.5 Å². The molecule has 11 nitrogen and oxygen atoms in total. The van der Waals surface area contributed by atoms with Crippen LogP contribution in [0.15, 0.2) is 30.3 Å². The van der Waals surface area contributed by atoms with Crippen LogP contribution in [-0.2, 0) is 25.6 Å². The van der Waals surface area contributed by atoms with Crippen LogP contribution in [0.4, 0.5) is 0 Å². The molecule has 0 spiro atoms. The Bertz CT molecular complexity index is 581. The van der Waals surface area contributed by atoms with Crippen LogP contribution in [0, 0.1) is 0 Å². The van der Waals surface area contributed by atoms with Crippen molar-refractivity contribution in [3.8, 4) is 0 Å². The van der Waals surface area contributed by atoms with Crippen molar-refractivity contribution in [2.75, 3.05) is 6.54 Å². The van der Waals surface area contributed by atoms with E-state index in [4.69, 9.17) is 26.8 Å². The molecule has 1 amide bonds. The summed E-state index contributed by atoms with van der Waals surface area (Å²) in [5, 5.41) is 24.2. The van der Waals surface area contributed by atoms with Crippen molar-refractivity contribution in [1.82, 2.24) is 0 Å². The third kappa shape index (κ3) is 15.9. The van der Waals surface area contributed by atoms with Gasteiger partial charge in [-0.25, -0.2) is 0 Å². The van der Waals surface area contributed by atoms with E-state index in [9.17, 15) is 19.2 Å². The molecule has 0 aliphatic heterocycles. The fourth-order valence-electron chi connectivity index (χ4n) is 1.26. The van der Waals surface area contributed by atoms with Gasteiger partial charge in [0.15, 0.2) is 0 Å². The van der Waals surface area contributed by atoms with E-state index in [1.165, 1.54) is 0 Å². The maximum absolute atomic E-state index is 10.4. The summed E-state index contributed by atoms with van der Waals surface area (Å²) in [6.45, 7) is -0.278. The molecule has 0 unspecified atom stereocenters. The van der Waals surface area contributed by atoms with Crippen molar-refractivity contribution in [2.24, 2.45) is 22.9 Å². The predicted octanol–water partition coefficient (Wildman–Crippen LogP) is -2.06. The Balaban J connectivity index is 0. The summed E-state index contributed by atoms with van der Waals surface area (Å²) in [6, 6.07) is 7.38. The molecule has 11 N–H and O–H groups in total. The maximum Gasteiger partial charge on any atom is 0.321 e. The van der Waals surface area contributed by atoms with Gasteiger partial charge in [-0.2, -0.15) is 0 Å². The van der Waals surface area contributed by atoms with Gasteiger partial charge in [-0.15, -0.1) is 0 Å². The van der Waals surface area contributed by atoms with Crippen molar-refractivity contribution >= 4 is 23.8 Å². The minimum atomic E-state index is -1.21. The maximum atomic E-state index is 10.4. The van der Waals surface area contributed by atoms with Crippen molar-refractivity contribution in [2.45, 2.75) is 24.9 Å². The molecular formula is C15H24N4O7. The molecule has 0 heterocycles. The summed E-state index contributed by atoms with van der Waals surface area (Å²) in [4.78, 5) is 39.5. The molecule has 0 saturated heterocycles. The van der Waals surface area contributed by atoms with Gasteiger partial charge in [0.1, 0.15) is 12.1 Å². The van der Waals surface area contributed by atoms with Crippen molar-refractivity contribution in [3.05, 3.63) is 35.9 Å². The van der Waals surface area contributed by atoms with E-state index < -0.39 is 35.9 Å². The lowest BCUT2D eigenvalue weighted by molar-refractivity contribution is -0.140. The number of rotatable bonds is 7. The third-order valence-electron chi connectivity index (χ3n) is 2.53. The van der Waals surface area contributed by atoms with Gasteiger partial charge >= 0.3 is 17.9 Å². The van der Waals surface area contributed by atoms with Crippen LogP contribution in [-0.4, -0.2) is 57.8 Å². The number of aliphatic carboxylic acids is 3. The molecule has 146 valence electrons. The van der Waals surface area contributed by atoms with Crippen molar-refractivity contribution in [1.29, 1.82) is 0 Å². The standard InChI is InChI=1S/C9H11NO2.C4H8N2O3.C2H5NO2/c10-8(9(11)12)6-7-4-2-1-3-5-7;5-2(4(8)9)1-3(6)7;3-1-2(4)5/h1-5,8H,6,10H2,(H,11,12);2H,1,5H2,(H2,6,7)(H,8,9);1,3H2,(H,4,5)/t8-;2-;/m00./s1. The van der Waals surface area contributed by atoms with Crippen LogP contribution in [0.25, 0.3) is 0 Å². The van der Waals surface area contributed by atoms with Crippen LogP contribution in [0.3, 0.4) is 0 Å². The molecular weight excluding hydrogens is 348 g/mol. The summed E-state index contributed by atoms with van der Waals surface area (Å²) in [5.41, 5.74) is 20.4. The molecule has 0 aliphatic rings. The first-order chi connectivity index (χ1) is 12.0. The second-order valence-electron chi connectivity index (χ2n) is 4.85. The van der Waals surface area contributed by atoms with E-state index in [0.29, 0.717) is 6.42 Å². The second-order valence-corrected chi connectivity index (χ2v) is 4.85. The highest BCUT2D eigenvalue weighted by molar-refractivity contribution is 5.83. The highest BCUT2D eigenvalue weighted by Crippen LogP contribution is 2.01. The molecule has 0 bridgehead atoms. The highest BCUT2D eigenvalue weighted by Gasteiger charge is 2.13. The van der Waals surface area contributed by atoms with E-state index in [1.807, 2.05) is 30.3 Å². The number of hydrogen-bond donors (Lipinski definition) is 7. The summed E-state index contributed by atoms with van der Waals surface area (Å²) in [6.07, 6.45) is 0.0749. The number of hydrogen-bond acceptors (Lipinski definition) is 7. The number of carbonyl (C=O) groups excluding carboxylic acids is 1. The number of carboxylic acid groups (broad SMARTS) is 3. The SMILES string of the molecule is NC(=O)C[C@H](N)C(=O)O.NCC(=O)O.N[C@@H](Cc1ccccc1)C(=O)O. The molecule has 26 heavy (non-hydrogen) atoms. The minimum absolute atomic E-state index is 0.278. The van der Waals surface area contributed by atoms with E-state index in [0.717, 1.165) is 5.56 Å². The Kier molecular flexibility index (Phi) is 13.9. The number of amides is 1. The lowest BCUT2D eigenvalue weighted by Crippen LogP contribution is -2.34. The number of primary amides is 1. The molecule has 1 aromatic carbocycles. The van der Waals surface area contributed by atoms with Gasteiger partial charge in [0.25, 0.3) is 0 Å². The van der Waals surface area contributed by atoms with Crippen LogP contribution < -0.4 is 22.9 Å². The zero-order valence-corrected chi connectivity index (χ0v) is 13.9. The van der Waals surface area contributed by atoms with E-state index in [1.54, 1.807) is 0 Å². The summed E-state index contributed by atoms with van der Waals surface area (Å²) in [5.74, 6) is -3.84. The number of benzene rings is 1. The summed E-state index contributed by atoms with van der Waals surface area (Å²) < 4.78 is 0. The van der Waals surface area contributed by atoms with Gasteiger partial charge in [-0.3, -0.25) is 19.2 Å². The molecule has 0 radical (unpaired) electrons. The van der Waals surface area contributed by atoms with Gasteiger partial charge < -0.3 is 38.3 Å². The Morgan fingerprint density at radius 3 is 1.58 bits per heavy atom. The molecule has 0 saturated carbocycles. The van der Waals surface area contributed by atoms with Crippen LogP contribution >= 0.6 is 0 Å². The van der Waals surface area contributed by atoms with E-state index >= 15 is 0 Å². The van der Waals surface area contributed by atoms with Gasteiger partial charge in [-0.1, -0.05) is 30.3 Å². The Hall–Kier alpha value is -3.02. The first-order valence-electron chi connectivity index (χ1n) is 7.22. The summed E-state index contributed by atoms with van der Waals surface area (Å²) >= 11 is 0. The second kappa shape index (κ2) is 14.3. The number of carboxylic acids is 3. The van der Waals surface area contributed by atoms with Crippen LogP contribution in [0.5, 0.6) is 0 Å². The number of carbonyl (C=O) groups is 4. The Morgan fingerprint density at radius 2 is 1.31 bits per heavy atom.